The molecule has 1 saturated carbocycles. The molecule has 1 aliphatic rings. The van der Waals surface area contributed by atoms with Gasteiger partial charge in [0.1, 0.15) is 5.69 Å². The smallest absolute Gasteiger partial charge is 0.270 e. The molecule has 6 nitrogen and oxygen atoms in total. The fraction of sp³-hybridized carbons (Fsp3) is 0.429. The third-order valence-corrected chi connectivity index (χ3v) is 4.87. The van der Waals surface area contributed by atoms with Crippen molar-refractivity contribution in [3.63, 3.8) is 0 Å². The van der Waals surface area contributed by atoms with E-state index < -0.39 is 0 Å². The number of carbonyl (C=O) groups is 1. The predicted molar refractivity (Wildman–Crippen MR) is 106 cm³/mol. The Morgan fingerprint density at radius 3 is 2.63 bits per heavy atom. The lowest BCUT2D eigenvalue weighted by Gasteiger charge is -2.13. The Morgan fingerprint density at radius 2 is 1.89 bits per heavy atom. The fourth-order valence-corrected chi connectivity index (χ4v) is 3.38. The van der Waals surface area contributed by atoms with Crippen LogP contribution in [0.5, 0.6) is 11.5 Å². The zero-order valence-corrected chi connectivity index (χ0v) is 16.0. The van der Waals surface area contributed by atoms with Crippen molar-refractivity contribution in [2.45, 2.75) is 38.1 Å². The molecule has 0 spiro atoms. The molecule has 2 N–H and O–H groups in total. The number of pyridine rings is 1. The first-order valence-electron chi connectivity index (χ1n) is 9.41. The average Bonchev–Trinajstić information content (AvgIpc) is 3.21. The first kappa shape index (κ1) is 19.0. The molecule has 0 aliphatic heterocycles. The monoisotopic (exact) mass is 369 g/mol. The second-order valence-electron chi connectivity index (χ2n) is 6.75. The molecule has 1 aromatic heterocycles. The van der Waals surface area contributed by atoms with Crippen molar-refractivity contribution in [3.05, 3.63) is 47.8 Å². The largest absolute Gasteiger partial charge is 0.493 e. The number of nitrogens with one attached hydrogen (secondary N) is 2. The van der Waals surface area contributed by atoms with Gasteiger partial charge in [0.05, 0.1) is 14.2 Å². The van der Waals surface area contributed by atoms with E-state index in [4.69, 9.17) is 9.47 Å². The molecule has 1 aromatic carbocycles. The minimum atomic E-state index is -0.0922. The summed E-state index contributed by atoms with van der Waals surface area (Å²) >= 11 is 0. The van der Waals surface area contributed by atoms with E-state index in [-0.39, 0.29) is 5.91 Å². The number of anilines is 1. The molecule has 1 heterocycles. The second-order valence-corrected chi connectivity index (χ2v) is 6.75. The van der Waals surface area contributed by atoms with Gasteiger partial charge in [0, 0.05) is 24.5 Å². The quantitative estimate of drug-likeness (QED) is 0.746. The number of carbonyl (C=O) groups excluding carboxylic acids is 1. The van der Waals surface area contributed by atoms with Gasteiger partial charge in [0.2, 0.25) is 0 Å². The van der Waals surface area contributed by atoms with E-state index in [1.165, 1.54) is 12.8 Å². The van der Waals surface area contributed by atoms with Crippen molar-refractivity contribution in [1.29, 1.82) is 0 Å². The van der Waals surface area contributed by atoms with Gasteiger partial charge in [0.15, 0.2) is 11.5 Å². The maximum Gasteiger partial charge on any atom is 0.270 e. The highest BCUT2D eigenvalue weighted by Gasteiger charge is 2.18. The van der Waals surface area contributed by atoms with Gasteiger partial charge >= 0.3 is 0 Å². The number of amides is 1. The highest BCUT2D eigenvalue weighted by Crippen LogP contribution is 2.27. The molecule has 0 saturated heterocycles. The number of benzene rings is 1. The lowest BCUT2D eigenvalue weighted by atomic mass is 10.1. The summed E-state index contributed by atoms with van der Waals surface area (Å²) in [6, 6.07) is 9.89. The molecule has 1 amide bonds. The van der Waals surface area contributed by atoms with Crippen LogP contribution in [0.3, 0.4) is 0 Å². The van der Waals surface area contributed by atoms with E-state index in [0.29, 0.717) is 11.7 Å². The van der Waals surface area contributed by atoms with Gasteiger partial charge in [-0.25, -0.2) is 0 Å². The maximum atomic E-state index is 12.4. The molecule has 6 heteroatoms. The number of nitrogens with zero attached hydrogens (tertiary/aromatic N) is 1. The number of methoxy groups -OCH3 is 2. The van der Waals surface area contributed by atoms with Crippen LogP contribution in [0.1, 0.15) is 41.7 Å². The van der Waals surface area contributed by atoms with E-state index >= 15 is 0 Å². The lowest BCUT2D eigenvalue weighted by Crippen LogP contribution is -2.33. The molecule has 0 radical (unpaired) electrons. The second kappa shape index (κ2) is 9.26. The summed E-state index contributed by atoms with van der Waals surface area (Å²) in [7, 11) is 3.26. The minimum Gasteiger partial charge on any atom is -0.493 e. The lowest BCUT2D eigenvalue weighted by molar-refractivity contribution is 0.0933. The van der Waals surface area contributed by atoms with Crippen LogP contribution in [-0.4, -0.2) is 37.7 Å². The van der Waals surface area contributed by atoms with Gasteiger partial charge in [-0.05, 0) is 49.1 Å². The molecule has 144 valence electrons. The Hall–Kier alpha value is -2.76. The summed E-state index contributed by atoms with van der Waals surface area (Å²) in [5, 5.41) is 6.43. The molecular weight excluding hydrogens is 342 g/mol. The van der Waals surface area contributed by atoms with Crippen LogP contribution in [0.25, 0.3) is 0 Å². The zero-order valence-electron chi connectivity index (χ0n) is 16.0. The van der Waals surface area contributed by atoms with Gasteiger partial charge in [-0.15, -0.1) is 0 Å². The van der Waals surface area contributed by atoms with Gasteiger partial charge < -0.3 is 20.1 Å². The van der Waals surface area contributed by atoms with Gasteiger partial charge in [-0.1, -0.05) is 18.9 Å². The van der Waals surface area contributed by atoms with Gasteiger partial charge in [-0.2, -0.15) is 0 Å². The Kier molecular flexibility index (Phi) is 6.52. The van der Waals surface area contributed by atoms with Crippen LogP contribution in [0.4, 0.5) is 5.69 Å². The highest BCUT2D eigenvalue weighted by molar-refractivity contribution is 5.93. The normalized spacial score (nSPS) is 14.0. The van der Waals surface area contributed by atoms with E-state index in [2.05, 4.69) is 15.6 Å². The molecule has 27 heavy (non-hydrogen) atoms. The van der Waals surface area contributed by atoms with Crippen LogP contribution in [0.2, 0.25) is 0 Å². The third kappa shape index (κ3) is 5.12. The van der Waals surface area contributed by atoms with Crippen LogP contribution >= 0.6 is 0 Å². The Bertz CT molecular complexity index is 773. The highest BCUT2D eigenvalue weighted by atomic mass is 16.5. The molecule has 1 aliphatic carbocycles. The topological polar surface area (TPSA) is 72.5 Å². The number of ether oxygens (including phenoxy) is 2. The minimum absolute atomic E-state index is 0.0922. The van der Waals surface area contributed by atoms with Crippen LogP contribution < -0.4 is 20.1 Å². The zero-order chi connectivity index (χ0) is 19.1. The van der Waals surface area contributed by atoms with E-state index in [0.717, 1.165) is 48.6 Å². The van der Waals surface area contributed by atoms with Crippen LogP contribution in [0.15, 0.2) is 36.5 Å². The SMILES string of the molecule is COc1ccc(CCNc2ccnc(C(=O)NC3CCCC3)c2)cc1OC. The number of hydrogen-bond donors (Lipinski definition) is 2. The molecule has 3 rings (SSSR count). The number of rotatable bonds is 8. The summed E-state index contributed by atoms with van der Waals surface area (Å²) in [4.78, 5) is 16.6. The van der Waals surface area contributed by atoms with Gasteiger partial charge in [0.25, 0.3) is 5.91 Å². The molecule has 2 aromatic rings. The van der Waals surface area contributed by atoms with E-state index in [1.54, 1.807) is 26.5 Å². The number of hydrogen-bond acceptors (Lipinski definition) is 5. The predicted octanol–water partition coefficient (Wildman–Crippen LogP) is 3.43. The summed E-state index contributed by atoms with van der Waals surface area (Å²) in [6.45, 7) is 0.739. The van der Waals surface area contributed by atoms with Crippen molar-refractivity contribution < 1.29 is 14.3 Å². The first-order valence-corrected chi connectivity index (χ1v) is 9.41. The fourth-order valence-electron chi connectivity index (χ4n) is 3.38. The maximum absolute atomic E-state index is 12.4. The van der Waals surface area contributed by atoms with Crippen molar-refractivity contribution in [2.75, 3.05) is 26.1 Å². The summed E-state index contributed by atoms with van der Waals surface area (Å²) in [6.07, 6.45) is 7.00. The van der Waals surface area contributed by atoms with Crippen LogP contribution in [0, 0.1) is 0 Å². The average molecular weight is 369 g/mol. The molecule has 0 unspecified atom stereocenters. The summed E-state index contributed by atoms with van der Waals surface area (Å²) < 4.78 is 10.6. The van der Waals surface area contributed by atoms with E-state index in [9.17, 15) is 4.79 Å². The van der Waals surface area contributed by atoms with E-state index in [1.807, 2.05) is 24.3 Å². The first-order chi connectivity index (χ1) is 13.2. The Morgan fingerprint density at radius 1 is 1.11 bits per heavy atom. The van der Waals surface area contributed by atoms with Crippen molar-refractivity contribution in [3.8, 4) is 11.5 Å². The molecular formula is C21H27N3O3. The summed E-state index contributed by atoms with van der Waals surface area (Å²) in [5.41, 5.74) is 2.49. The Labute approximate surface area is 160 Å². The summed E-state index contributed by atoms with van der Waals surface area (Å²) in [5.74, 6) is 1.36. The van der Waals surface area contributed by atoms with Crippen molar-refractivity contribution >= 4 is 11.6 Å². The van der Waals surface area contributed by atoms with Crippen LogP contribution in [-0.2, 0) is 6.42 Å². The molecule has 0 atom stereocenters. The van der Waals surface area contributed by atoms with Gasteiger partial charge in [-0.3, -0.25) is 9.78 Å². The standard InChI is InChI=1S/C21H27N3O3/c1-26-19-8-7-15(13-20(19)27-2)9-11-22-17-10-12-23-18(14-17)21(25)24-16-5-3-4-6-16/h7-8,10,12-14,16H,3-6,9,11H2,1-2H3,(H,22,23)(H,24,25). The Balaban J connectivity index is 1.54. The van der Waals surface area contributed by atoms with Crippen molar-refractivity contribution in [2.24, 2.45) is 0 Å². The number of aromatic nitrogens is 1. The molecule has 1 fully saturated rings. The third-order valence-electron chi connectivity index (χ3n) is 4.87. The van der Waals surface area contributed by atoms with Crippen molar-refractivity contribution in [1.82, 2.24) is 10.3 Å². The molecule has 0 bridgehead atoms.